The van der Waals surface area contributed by atoms with Crippen molar-refractivity contribution in [3.8, 4) is 0 Å². The van der Waals surface area contributed by atoms with Gasteiger partial charge in [0.25, 0.3) is 11.8 Å². The van der Waals surface area contributed by atoms with Crippen LogP contribution in [0.25, 0.3) is 10.9 Å². The smallest absolute Gasteiger partial charge is 0.253 e. The molecule has 0 spiro atoms. The third-order valence-electron chi connectivity index (χ3n) is 5.95. The number of carbonyl (C=O) groups is 2. The highest BCUT2D eigenvalue weighted by atomic mass is 35.5. The van der Waals surface area contributed by atoms with E-state index in [1.54, 1.807) is 31.4 Å². The molecule has 168 valence electrons. The normalized spacial score (nSPS) is 16.0. The van der Waals surface area contributed by atoms with Crippen molar-refractivity contribution >= 4 is 34.3 Å². The number of ether oxygens (including phenoxy) is 1. The maximum absolute atomic E-state index is 12.8. The van der Waals surface area contributed by atoms with Crippen LogP contribution in [0.15, 0.2) is 42.6 Å². The molecule has 0 saturated carbocycles. The van der Waals surface area contributed by atoms with Crippen LogP contribution in [-0.2, 0) is 11.3 Å². The number of amides is 2. The summed E-state index contributed by atoms with van der Waals surface area (Å²) in [6.45, 7) is 5.06. The van der Waals surface area contributed by atoms with Gasteiger partial charge in [-0.15, -0.1) is 0 Å². The van der Waals surface area contributed by atoms with Crippen molar-refractivity contribution in [1.82, 2.24) is 20.0 Å². The number of hydrogen-bond acceptors (Lipinski definition) is 4. The number of benzene rings is 2. The number of likely N-dealkylation sites (tertiary alicyclic amines) is 1. The Labute approximate surface area is 192 Å². The number of nitrogens with one attached hydrogen (secondary N) is 1. The van der Waals surface area contributed by atoms with E-state index in [2.05, 4.69) is 5.32 Å². The molecule has 3 aromatic rings. The molecule has 4 rings (SSSR count). The molecule has 1 aromatic heterocycles. The van der Waals surface area contributed by atoms with Gasteiger partial charge in [-0.3, -0.25) is 14.3 Å². The van der Waals surface area contributed by atoms with Crippen molar-refractivity contribution in [2.75, 3.05) is 33.4 Å². The van der Waals surface area contributed by atoms with Crippen molar-refractivity contribution in [2.24, 2.45) is 5.92 Å². The summed E-state index contributed by atoms with van der Waals surface area (Å²) in [7, 11) is 1.61. The molecule has 1 atom stereocenters. The third kappa shape index (κ3) is 4.79. The molecular weight excluding hydrogens is 428 g/mol. The van der Waals surface area contributed by atoms with Gasteiger partial charge in [0.05, 0.1) is 12.1 Å². The molecule has 1 saturated heterocycles. The zero-order chi connectivity index (χ0) is 22.7. The van der Waals surface area contributed by atoms with E-state index < -0.39 is 0 Å². The van der Waals surface area contributed by atoms with E-state index in [9.17, 15) is 9.59 Å². The lowest BCUT2D eigenvalue weighted by molar-refractivity contribution is 0.0785. The van der Waals surface area contributed by atoms with Crippen LogP contribution in [0.3, 0.4) is 0 Å². The van der Waals surface area contributed by atoms with E-state index in [1.807, 2.05) is 34.8 Å². The summed E-state index contributed by atoms with van der Waals surface area (Å²) in [5.41, 5.74) is 3.08. The lowest BCUT2D eigenvalue weighted by Crippen LogP contribution is -2.29. The Balaban J connectivity index is 1.42. The summed E-state index contributed by atoms with van der Waals surface area (Å²) in [5.74, 6) is 0.258. The molecular formula is C24H27ClN4O3. The molecule has 0 unspecified atom stereocenters. The summed E-state index contributed by atoms with van der Waals surface area (Å²) >= 11 is 5.93. The molecule has 2 heterocycles. The molecule has 32 heavy (non-hydrogen) atoms. The number of hydrogen-bond donors (Lipinski definition) is 1. The van der Waals surface area contributed by atoms with Crippen molar-refractivity contribution < 1.29 is 14.3 Å². The lowest BCUT2D eigenvalue weighted by Gasteiger charge is -2.16. The summed E-state index contributed by atoms with van der Waals surface area (Å²) in [6, 6.07) is 10.7. The highest BCUT2D eigenvalue weighted by Gasteiger charge is 2.27. The first-order valence-electron chi connectivity index (χ1n) is 10.7. The maximum atomic E-state index is 12.8. The Kier molecular flexibility index (Phi) is 6.77. The van der Waals surface area contributed by atoms with Crippen molar-refractivity contribution in [3.05, 3.63) is 64.3 Å². The minimum atomic E-state index is -0.110. The highest BCUT2D eigenvalue weighted by Crippen LogP contribution is 2.24. The van der Waals surface area contributed by atoms with E-state index in [4.69, 9.17) is 21.4 Å². The molecule has 2 amide bonds. The Morgan fingerprint density at radius 1 is 1.22 bits per heavy atom. The van der Waals surface area contributed by atoms with Crippen LogP contribution < -0.4 is 5.32 Å². The Morgan fingerprint density at radius 3 is 2.75 bits per heavy atom. The van der Waals surface area contributed by atoms with Gasteiger partial charge in [-0.1, -0.05) is 11.6 Å². The summed E-state index contributed by atoms with van der Waals surface area (Å²) in [5, 5.41) is 9.16. The molecule has 7 nitrogen and oxygen atoms in total. The second kappa shape index (κ2) is 9.71. The second-order valence-corrected chi connectivity index (χ2v) is 8.62. The van der Waals surface area contributed by atoms with Crippen LogP contribution >= 0.6 is 11.6 Å². The number of aromatic nitrogens is 2. The van der Waals surface area contributed by atoms with Gasteiger partial charge in [0.2, 0.25) is 0 Å². The van der Waals surface area contributed by atoms with Gasteiger partial charge in [0.15, 0.2) is 0 Å². The molecule has 2 aromatic carbocycles. The molecule has 8 heteroatoms. The topological polar surface area (TPSA) is 76.5 Å². The fraction of sp³-hybridized carbons (Fsp3) is 0.375. The molecule has 1 fully saturated rings. The van der Waals surface area contributed by atoms with Crippen molar-refractivity contribution in [3.63, 3.8) is 0 Å². The zero-order valence-electron chi connectivity index (χ0n) is 18.3. The Hall–Kier alpha value is -2.90. The first kappa shape index (κ1) is 22.3. The summed E-state index contributed by atoms with van der Waals surface area (Å²) < 4.78 is 6.93. The third-order valence-corrected chi connectivity index (χ3v) is 6.20. The van der Waals surface area contributed by atoms with Gasteiger partial charge in [-0.05, 0) is 61.2 Å². The standard InChI is InChI=1S/C24H27ClN4O3/c1-16-20(23(30)26-10-12-32-2)7-8-22-21(16)15-29(27-22)14-17-9-11-28(13-17)24(31)18-3-5-19(25)6-4-18/h3-8,15,17H,9-14H2,1-2H3,(H,26,30)/t17-/m1/s1. The lowest BCUT2D eigenvalue weighted by atomic mass is 10.0. The summed E-state index contributed by atoms with van der Waals surface area (Å²) in [4.78, 5) is 27.1. The monoisotopic (exact) mass is 454 g/mol. The van der Waals surface area contributed by atoms with E-state index in [1.165, 1.54) is 0 Å². The minimum Gasteiger partial charge on any atom is -0.383 e. The number of fused-ring (bicyclic) bond motifs is 1. The quantitative estimate of drug-likeness (QED) is 0.554. The second-order valence-electron chi connectivity index (χ2n) is 8.18. The molecule has 1 N–H and O–H groups in total. The number of rotatable bonds is 7. The Morgan fingerprint density at radius 2 is 2.00 bits per heavy atom. The maximum Gasteiger partial charge on any atom is 0.253 e. The number of nitrogens with zero attached hydrogens (tertiary/aromatic N) is 3. The van der Waals surface area contributed by atoms with E-state index in [0.717, 1.165) is 36.0 Å². The van der Waals surface area contributed by atoms with Gasteiger partial charge >= 0.3 is 0 Å². The largest absolute Gasteiger partial charge is 0.383 e. The molecule has 0 aliphatic carbocycles. The minimum absolute atomic E-state index is 0.0368. The van der Waals surface area contributed by atoms with Crippen LogP contribution in [0.4, 0.5) is 0 Å². The predicted octanol–water partition coefficient (Wildman–Crippen LogP) is 3.54. The van der Waals surface area contributed by atoms with Gasteiger partial charge in [-0.25, -0.2) is 0 Å². The van der Waals surface area contributed by atoms with Crippen LogP contribution in [0.1, 0.15) is 32.7 Å². The summed E-state index contributed by atoms with van der Waals surface area (Å²) in [6.07, 6.45) is 2.93. The average Bonchev–Trinajstić information content (AvgIpc) is 3.41. The van der Waals surface area contributed by atoms with Gasteiger partial charge < -0.3 is 15.0 Å². The first-order valence-corrected chi connectivity index (χ1v) is 11.1. The van der Waals surface area contributed by atoms with Crippen LogP contribution in [0.2, 0.25) is 5.02 Å². The van der Waals surface area contributed by atoms with Crippen LogP contribution in [0.5, 0.6) is 0 Å². The van der Waals surface area contributed by atoms with Gasteiger partial charge in [-0.2, -0.15) is 5.10 Å². The van der Waals surface area contributed by atoms with Gasteiger partial charge in [0.1, 0.15) is 0 Å². The van der Waals surface area contributed by atoms with Crippen molar-refractivity contribution in [2.45, 2.75) is 19.9 Å². The molecule has 1 aliphatic heterocycles. The average molecular weight is 455 g/mol. The highest BCUT2D eigenvalue weighted by molar-refractivity contribution is 6.30. The molecule has 0 bridgehead atoms. The number of methoxy groups -OCH3 is 1. The first-order chi connectivity index (χ1) is 15.5. The van der Waals surface area contributed by atoms with E-state index in [-0.39, 0.29) is 11.8 Å². The fourth-order valence-corrected chi connectivity index (χ4v) is 4.31. The van der Waals surface area contributed by atoms with Crippen molar-refractivity contribution in [1.29, 1.82) is 0 Å². The van der Waals surface area contributed by atoms with E-state index >= 15 is 0 Å². The zero-order valence-corrected chi connectivity index (χ0v) is 19.1. The fourth-order valence-electron chi connectivity index (χ4n) is 4.19. The Bertz CT molecular complexity index is 1130. The SMILES string of the molecule is COCCNC(=O)c1ccc2nn(C[C@@H]3CCN(C(=O)c4ccc(Cl)cc4)C3)cc2c1C. The number of carbonyl (C=O) groups excluding carboxylic acids is 2. The number of halogens is 1. The molecule has 1 aliphatic rings. The van der Waals surface area contributed by atoms with E-state index in [0.29, 0.717) is 41.8 Å². The van der Waals surface area contributed by atoms with Gasteiger partial charge in [0, 0.05) is 61.0 Å². The predicted molar refractivity (Wildman–Crippen MR) is 124 cm³/mol. The number of aryl methyl sites for hydroxylation is 1. The molecule has 0 radical (unpaired) electrons. The van der Waals surface area contributed by atoms with Crippen LogP contribution in [-0.4, -0.2) is 59.8 Å². The van der Waals surface area contributed by atoms with Crippen LogP contribution in [0, 0.1) is 12.8 Å².